The van der Waals surface area contributed by atoms with Gasteiger partial charge in [-0.1, -0.05) is 0 Å². The highest BCUT2D eigenvalue weighted by molar-refractivity contribution is 7.99. The van der Waals surface area contributed by atoms with Crippen molar-refractivity contribution in [1.29, 1.82) is 0 Å². The van der Waals surface area contributed by atoms with E-state index in [0.717, 1.165) is 35.1 Å². The molecule has 5 nitrogen and oxygen atoms in total. The Hall–Kier alpha value is -0.920. The van der Waals surface area contributed by atoms with Gasteiger partial charge in [0.1, 0.15) is 9.84 Å². The Morgan fingerprint density at radius 2 is 1.95 bits per heavy atom. The Kier molecular flexibility index (Phi) is 6.20. The van der Waals surface area contributed by atoms with Gasteiger partial charge in [0.05, 0.1) is 19.0 Å². The van der Waals surface area contributed by atoms with Crippen molar-refractivity contribution >= 4 is 21.6 Å². The average Bonchev–Trinajstić information content (AvgIpc) is 2.66. The minimum absolute atomic E-state index is 0.182. The number of hydrogen-bond donors (Lipinski definition) is 1. The van der Waals surface area contributed by atoms with Crippen molar-refractivity contribution in [3.05, 3.63) is 18.2 Å². The highest BCUT2D eigenvalue weighted by Crippen LogP contribution is 2.33. The minimum atomic E-state index is -2.88. The van der Waals surface area contributed by atoms with Crippen LogP contribution in [0.3, 0.4) is 0 Å². The van der Waals surface area contributed by atoms with E-state index >= 15 is 0 Å². The summed E-state index contributed by atoms with van der Waals surface area (Å²) in [5.74, 6) is 2.68. The zero-order valence-corrected chi connectivity index (χ0v) is 13.8. The Bertz CT molecular complexity index is 560. The number of sulfone groups is 1. The number of fused-ring (bicyclic) bond motifs is 1. The molecule has 1 aliphatic rings. The molecular weight excluding hydrogens is 310 g/mol. The zero-order valence-electron chi connectivity index (χ0n) is 12.1. The van der Waals surface area contributed by atoms with Gasteiger partial charge in [-0.2, -0.15) is 0 Å². The van der Waals surface area contributed by atoms with Gasteiger partial charge >= 0.3 is 0 Å². The van der Waals surface area contributed by atoms with E-state index in [-0.39, 0.29) is 5.75 Å². The van der Waals surface area contributed by atoms with Crippen LogP contribution in [0.5, 0.6) is 11.5 Å². The molecule has 1 heterocycles. The molecule has 0 unspecified atom stereocenters. The van der Waals surface area contributed by atoms with Gasteiger partial charge in [-0.25, -0.2) is 8.42 Å². The van der Waals surface area contributed by atoms with Crippen LogP contribution in [0.25, 0.3) is 0 Å². The van der Waals surface area contributed by atoms with Gasteiger partial charge in [0.15, 0.2) is 11.5 Å². The van der Waals surface area contributed by atoms with Crippen LogP contribution in [-0.4, -0.2) is 52.5 Å². The molecule has 0 fully saturated rings. The molecule has 0 amide bonds. The highest BCUT2D eigenvalue weighted by atomic mass is 32.2. The van der Waals surface area contributed by atoms with Crippen LogP contribution < -0.4 is 14.8 Å². The van der Waals surface area contributed by atoms with E-state index in [1.807, 2.05) is 18.2 Å². The lowest BCUT2D eigenvalue weighted by Gasteiger charge is -2.09. The van der Waals surface area contributed by atoms with Crippen LogP contribution in [-0.2, 0) is 9.84 Å². The second-order valence-corrected chi connectivity index (χ2v) is 8.32. The number of ether oxygens (including phenoxy) is 2. The molecular formula is C14H21NO4S2. The zero-order chi connectivity index (χ0) is 15.1. The quantitative estimate of drug-likeness (QED) is 0.604. The molecule has 1 aromatic carbocycles. The van der Waals surface area contributed by atoms with Crippen LogP contribution in [0.1, 0.15) is 6.42 Å². The fourth-order valence-electron chi connectivity index (χ4n) is 1.86. The summed E-state index contributed by atoms with van der Waals surface area (Å²) in [6.45, 7) is 2.66. The molecule has 2 rings (SSSR count). The lowest BCUT2D eigenvalue weighted by molar-refractivity contribution is 0.297. The molecule has 21 heavy (non-hydrogen) atoms. The SMILES string of the molecule is CS(=O)(=O)CCNCCSc1ccc2c(c1)OCCCO2. The third kappa shape index (κ3) is 6.15. The maximum Gasteiger partial charge on any atom is 0.162 e. The standard InChI is InChI=1S/C14H21NO4S2/c1-21(16,17)10-6-15-5-9-20-12-3-4-13-14(11-12)19-8-2-7-18-13/h3-4,11,15H,2,5-10H2,1H3. The van der Waals surface area contributed by atoms with Crippen molar-refractivity contribution in [3.63, 3.8) is 0 Å². The summed E-state index contributed by atoms with van der Waals surface area (Å²) >= 11 is 1.71. The maximum atomic E-state index is 11.0. The first-order chi connectivity index (χ1) is 10.0. The average molecular weight is 331 g/mol. The van der Waals surface area contributed by atoms with Gasteiger partial charge in [-0.15, -0.1) is 11.8 Å². The molecule has 7 heteroatoms. The number of benzene rings is 1. The molecule has 1 aromatic rings. The van der Waals surface area contributed by atoms with Crippen molar-refractivity contribution in [2.45, 2.75) is 11.3 Å². The van der Waals surface area contributed by atoms with Crippen molar-refractivity contribution in [3.8, 4) is 11.5 Å². The molecule has 118 valence electrons. The molecule has 0 saturated carbocycles. The van der Waals surface area contributed by atoms with Crippen LogP contribution in [0.4, 0.5) is 0 Å². The lowest BCUT2D eigenvalue weighted by atomic mass is 10.3. The summed E-state index contributed by atoms with van der Waals surface area (Å²) in [7, 11) is -2.88. The van der Waals surface area contributed by atoms with Crippen molar-refractivity contribution in [2.75, 3.05) is 44.1 Å². The second kappa shape index (κ2) is 7.91. The highest BCUT2D eigenvalue weighted by Gasteiger charge is 2.10. The number of rotatable bonds is 7. The molecule has 0 aliphatic carbocycles. The molecule has 0 radical (unpaired) electrons. The van der Waals surface area contributed by atoms with Gasteiger partial charge in [0.2, 0.25) is 0 Å². The van der Waals surface area contributed by atoms with E-state index in [2.05, 4.69) is 5.32 Å². The van der Waals surface area contributed by atoms with E-state index in [1.165, 1.54) is 6.26 Å². The Balaban J connectivity index is 1.72. The summed E-state index contributed by atoms with van der Waals surface area (Å²) in [5, 5.41) is 3.13. The fraction of sp³-hybridized carbons (Fsp3) is 0.571. The predicted molar refractivity (Wildman–Crippen MR) is 85.4 cm³/mol. The van der Waals surface area contributed by atoms with Gasteiger partial charge < -0.3 is 14.8 Å². The molecule has 0 saturated heterocycles. The Labute approximate surface area is 130 Å². The fourth-order valence-corrected chi connectivity index (χ4v) is 3.21. The third-order valence-electron chi connectivity index (χ3n) is 2.92. The first-order valence-electron chi connectivity index (χ1n) is 6.95. The number of nitrogens with one attached hydrogen (secondary N) is 1. The molecule has 0 atom stereocenters. The third-order valence-corrected chi connectivity index (χ3v) is 4.86. The van der Waals surface area contributed by atoms with Gasteiger partial charge in [0, 0.05) is 36.4 Å². The first kappa shape index (κ1) is 16.5. The van der Waals surface area contributed by atoms with E-state index in [1.54, 1.807) is 11.8 Å². The van der Waals surface area contributed by atoms with Gasteiger partial charge in [0.25, 0.3) is 0 Å². The number of hydrogen-bond acceptors (Lipinski definition) is 6. The Morgan fingerprint density at radius 3 is 2.71 bits per heavy atom. The molecule has 0 bridgehead atoms. The van der Waals surface area contributed by atoms with Crippen LogP contribution >= 0.6 is 11.8 Å². The minimum Gasteiger partial charge on any atom is -0.490 e. The van der Waals surface area contributed by atoms with E-state index < -0.39 is 9.84 Å². The normalized spacial score (nSPS) is 14.7. The molecule has 1 aliphatic heterocycles. The van der Waals surface area contributed by atoms with Crippen molar-refractivity contribution in [2.24, 2.45) is 0 Å². The summed E-state index contributed by atoms with van der Waals surface area (Å²) in [6.07, 6.45) is 2.16. The lowest BCUT2D eigenvalue weighted by Crippen LogP contribution is -2.24. The summed E-state index contributed by atoms with van der Waals surface area (Å²) in [5.41, 5.74) is 0. The van der Waals surface area contributed by atoms with Gasteiger partial charge in [-0.05, 0) is 18.2 Å². The smallest absolute Gasteiger partial charge is 0.162 e. The van der Waals surface area contributed by atoms with E-state index in [9.17, 15) is 8.42 Å². The topological polar surface area (TPSA) is 64.6 Å². The molecule has 0 spiro atoms. The monoisotopic (exact) mass is 331 g/mol. The summed E-state index contributed by atoms with van der Waals surface area (Å²) < 4.78 is 33.2. The second-order valence-electron chi connectivity index (χ2n) is 4.89. The first-order valence-corrected chi connectivity index (χ1v) is 10.00. The van der Waals surface area contributed by atoms with Crippen LogP contribution in [0, 0.1) is 0 Å². The van der Waals surface area contributed by atoms with E-state index in [0.29, 0.717) is 19.8 Å². The molecule has 1 N–H and O–H groups in total. The van der Waals surface area contributed by atoms with Crippen molar-refractivity contribution < 1.29 is 17.9 Å². The maximum absolute atomic E-state index is 11.0. The summed E-state index contributed by atoms with van der Waals surface area (Å²) in [4.78, 5) is 1.13. The predicted octanol–water partition coefficient (Wildman–Crippen LogP) is 1.57. The Morgan fingerprint density at radius 1 is 1.19 bits per heavy atom. The molecule has 0 aromatic heterocycles. The van der Waals surface area contributed by atoms with Crippen molar-refractivity contribution in [1.82, 2.24) is 5.32 Å². The summed E-state index contributed by atoms with van der Waals surface area (Å²) in [6, 6.07) is 5.97. The van der Waals surface area contributed by atoms with Gasteiger partial charge in [-0.3, -0.25) is 0 Å². The largest absolute Gasteiger partial charge is 0.490 e. The van der Waals surface area contributed by atoms with Crippen LogP contribution in [0.2, 0.25) is 0 Å². The number of thioether (sulfide) groups is 1. The van der Waals surface area contributed by atoms with Crippen LogP contribution in [0.15, 0.2) is 23.1 Å². The van der Waals surface area contributed by atoms with E-state index in [4.69, 9.17) is 9.47 Å².